The molecule has 4 fully saturated rings. The number of aryl methyl sites for hydroxylation is 1. The van der Waals surface area contributed by atoms with Gasteiger partial charge in [0.2, 0.25) is 0 Å². The lowest BCUT2D eigenvalue weighted by molar-refractivity contribution is -0.112. The summed E-state index contributed by atoms with van der Waals surface area (Å²) in [7, 11) is 0. The van der Waals surface area contributed by atoms with Crippen molar-refractivity contribution in [3.63, 3.8) is 0 Å². The summed E-state index contributed by atoms with van der Waals surface area (Å²) in [6, 6.07) is 0. The molecule has 4 aromatic rings. The van der Waals surface area contributed by atoms with Gasteiger partial charge in [-0.15, -0.1) is 26.6 Å². The first kappa shape index (κ1) is 22.6. The molecule has 37 heavy (non-hydrogen) atoms. The van der Waals surface area contributed by atoms with E-state index in [1.54, 1.807) is 6.33 Å². The Morgan fingerprint density at radius 2 is 2.00 bits per heavy atom. The minimum Gasteiger partial charge on any atom is -0.225 e. The number of hydrogen-bond donors (Lipinski definition) is 0. The van der Waals surface area contributed by atoms with Crippen molar-refractivity contribution in [2.75, 3.05) is 0 Å². The minimum absolute atomic E-state index is 0.0315. The van der Waals surface area contributed by atoms with E-state index in [0.717, 1.165) is 53.3 Å². The molecule has 0 amide bonds. The molecule has 0 N–H and O–H groups in total. The molecule has 0 spiro atoms. The Balaban J connectivity index is 1.15. The molecule has 4 aromatic heterocycles. The van der Waals surface area contributed by atoms with Crippen LogP contribution in [0.3, 0.4) is 0 Å². The molecule has 0 unspecified atom stereocenters. The first-order valence-electron chi connectivity index (χ1n) is 14.2. The third kappa shape index (κ3) is 3.31. The molecule has 0 radical (unpaired) electrons. The van der Waals surface area contributed by atoms with Crippen LogP contribution in [0.25, 0.3) is 15.9 Å². The number of tetrazole rings is 1. The Kier molecular flexibility index (Phi) is 4.62. The van der Waals surface area contributed by atoms with Crippen LogP contribution in [0.4, 0.5) is 0 Å². The molecule has 3 atom stereocenters. The molecular formula is C28H36N8S. The highest BCUT2D eigenvalue weighted by atomic mass is 32.1. The molecule has 5 aliphatic carbocycles. The highest BCUT2D eigenvalue weighted by Gasteiger charge is 2.59. The topological polar surface area (TPSA) is 86.7 Å². The number of aromatic nitrogens is 8. The molecule has 0 aliphatic heterocycles. The molecule has 9 heteroatoms. The van der Waals surface area contributed by atoms with Gasteiger partial charge in [-0.3, -0.25) is 0 Å². The lowest BCUT2D eigenvalue weighted by atomic mass is 9.46. The summed E-state index contributed by atoms with van der Waals surface area (Å²) in [6.07, 6.45) is 16.7. The second-order valence-corrected chi connectivity index (χ2v) is 14.7. The van der Waals surface area contributed by atoms with E-state index in [-0.39, 0.29) is 11.0 Å². The third-order valence-corrected chi connectivity index (χ3v) is 12.1. The predicted octanol–water partition coefficient (Wildman–Crippen LogP) is 5.40. The lowest BCUT2D eigenvalue weighted by Gasteiger charge is -2.61. The van der Waals surface area contributed by atoms with E-state index in [2.05, 4.69) is 36.2 Å². The number of rotatable bonds is 5. The highest BCUT2D eigenvalue weighted by molar-refractivity contribution is 7.19. The molecule has 4 heterocycles. The van der Waals surface area contributed by atoms with Crippen LogP contribution in [0.2, 0.25) is 0 Å². The SMILES string of the molecule is CCC(C)(C)[C@H]1CCc2c(sc3ncn4nc(CC56C[C@@H]7C[C@@H](C5)CC(n5ncnn5)(C7)C6)nc4c23)C1. The van der Waals surface area contributed by atoms with Crippen molar-refractivity contribution in [1.82, 2.24) is 39.8 Å². The molecule has 194 valence electrons. The maximum Gasteiger partial charge on any atom is 0.167 e. The van der Waals surface area contributed by atoms with E-state index in [0.29, 0.717) is 5.41 Å². The van der Waals surface area contributed by atoms with Crippen LogP contribution in [0.15, 0.2) is 12.7 Å². The zero-order chi connectivity index (χ0) is 25.0. The van der Waals surface area contributed by atoms with Crippen LogP contribution in [0, 0.1) is 28.6 Å². The second kappa shape index (κ2) is 7.58. The Morgan fingerprint density at radius 3 is 2.76 bits per heavy atom. The Hall–Kier alpha value is -2.42. The molecule has 5 aliphatic rings. The van der Waals surface area contributed by atoms with Crippen LogP contribution in [-0.2, 0) is 24.8 Å². The van der Waals surface area contributed by atoms with Gasteiger partial charge in [0.05, 0.1) is 10.9 Å². The van der Waals surface area contributed by atoms with Crippen LogP contribution in [0.1, 0.15) is 88.4 Å². The van der Waals surface area contributed by atoms with Crippen LogP contribution >= 0.6 is 11.3 Å². The fraction of sp³-hybridized carbons (Fsp3) is 0.714. The van der Waals surface area contributed by atoms with Crippen molar-refractivity contribution >= 4 is 27.2 Å². The van der Waals surface area contributed by atoms with Gasteiger partial charge in [0.25, 0.3) is 0 Å². The van der Waals surface area contributed by atoms with Gasteiger partial charge < -0.3 is 0 Å². The van der Waals surface area contributed by atoms with Gasteiger partial charge in [-0.05, 0) is 97.1 Å². The molecular weight excluding hydrogens is 480 g/mol. The Labute approximate surface area is 221 Å². The Morgan fingerprint density at radius 1 is 1.16 bits per heavy atom. The molecule has 8 nitrogen and oxygen atoms in total. The summed E-state index contributed by atoms with van der Waals surface area (Å²) < 4.78 is 1.96. The quantitative estimate of drug-likeness (QED) is 0.353. The lowest BCUT2D eigenvalue weighted by Crippen LogP contribution is -2.57. The molecule has 0 aromatic carbocycles. The standard InChI is InChI=1S/C28H36N8S/c1-4-26(2,3)19-5-6-20-21(8-19)37-25-23(20)24-32-22(33-35(24)16-29-25)13-27-9-17-7-18(10-27)12-28(11-17,14-27)36-31-15-30-34-36/h15-19H,4-14H2,1-3H3/t17-,18-,19-,27?,28?/m0/s1. The molecule has 9 rings (SSSR count). The van der Waals surface area contributed by atoms with Gasteiger partial charge >= 0.3 is 0 Å². The van der Waals surface area contributed by atoms with Crippen molar-refractivity contribution in [3.05, 3.63) is 28.9 Å². The van der Waals surface area contributed by atoms with Gasteiger partial charge in [-0.1, -0.05) is 27.2 Å². The van der Waals surface area contributed by atoms with E-state index in [4.69, 9.17) is 15.1 Å². The number of fused-ring (bicyclic) bond motifs is 5. The van der Waals surface area contributed by atoms with Crippen molar-refractivity contribution in [1.29, 1.82) is 0 Å². The first-order valence-corrected chi connectivity index (χ1v) is 15.1. The van der Waals surface area contributed by atoms with E-state index >= 15 is 0 Å². The highest BCUT2D eigenvalue weighted by Crippen LogP contribution is 2.64. The van der Waals surface area contributed by atoms with Gasteiger partial charge in [0.15, 0.2) is 17.8 Å². The largest absolute Gasteiger partial charge is 0.225 e. The summed E-state index contributed by atoms with van der Waals surface area (Å²) in [5, 5.41) is 19.3. The normalized spacial score (nSPS) is 33.0. The summed E-state index contributed by atoms with van der Waals surface area (Å²) in [4.78, 5) is 14.7. The van der Waals surface area contributed by atoms with Gasteiger partial charge in [-0.2, -0.15) is 4.80 Å². The van der Waals surface area contributed by atoms with Gasteiger partial charge in [-0.25, -0.2) is 14.5 Å². The first-order chi connectivity index (χ1) is 17.9. The average molecular weight is 517 g/mol. The van der Waals surface area contributed by atoms with Gasteiger partial charge in [0.1, 0.15) is 11.2 Å². The summed E-state index contributed by atoms with van der Waals surface area (Å²) in [5.74, 6) is 3.23. The number of thiophene rings is 1. The van der Waals surface area contributed by atoms with E-state index in [9.17, 15) is 0 Å². The smallest absolute Gasteiger partial charge is 0.167 e. The molecule has 4 bridgehead atoms. The number of nitrogens with zero attached hydrogens (tertiary/aromatic N) is 8. The van der Waals surface area contributed by atoms with Crippen LogP contribution in [0.5, 0.6) is 0 Å². The maximum atomic E-state index is 5.23. The molecule has 4 saturated carbocycles. The fourth-order valence-corrected chi connectivity index (χ4v) is 10.5. The Bertz CT molecular complexity index is 1480. The van der Waals surface area contributed by atoms with Gasteiger partial charge in [0, 0.05) is 11.3 Å². The van der Waals surface area contributed by atoms with E-state index in [1.165, 1.54) is 67.2 Å². The summed E-state index contributed by atoms with van der Waals surface area (Å²) >= 11 is 1.89. The predicted molar refractivity (Wildman–Crippen MR) is 142 cm³/mol. The molecule has 0 saturated heterocycles. The monoisotopic (exact) mass is 516 g/mol. The zero-order valence-electron chi connectivity index (χ0n) is 22.2. The van der Waals surface area contributed by atoms with E-state index in [1.807, 2.05) is 27.0 Å². The maximum absolute atomic E-state index is 5.23. The van der Waals surface area contributed by atoms with Crippen molar-refractivity contribution in [2.24, 2.45) is 28.6 Å². The average Bonchev–Trinajstić information content (AvgIpc) is 3.60. The zero-order valence-corrected chi connectivity index (χ0v) is 23.0. The van der Waals surface area contributed by atoms with Crippen molar-refractivity contribution < 1.29 is 0 Å². The summed E-state index contributed by atoms with van der Waals surface area (Å²) in [5.41, 5.74) is 3.16. The number of hydrogen-bond acceptors (Lipinski definition) is 7. The second-order valence-electron chi connectivity index (χ2n) is 13.6. The van der Waals surface area contributed by atoms with Crippen LogP contribution in [-0.4, -0.2) is 39.8 Å². The van der Waals surface area contributed by atoms with Crippen molar-refractivity contribution in [3.8, 4) is 0 Å². The third-order valence-electron chi connectivity index (χ3n) is 10.9. The fourth-order valence-electron chi connectivity index (χ4n) is 9.21. The summed E-state index contributed by atoms with van der Waals surface area (Å²) in [6.45, 7) is 7.20. The van der Waals surface area contributed by atoms with E-state index < -0.39 is 0 Å². The van der Waals surface area contributed by atoms with Crippen molar-refractivity contribution in [2.45, 2.75) is 96.9 Å². The van der Waals surface area contributed by atoms with Crippen LogP contribution < -0.4 is 0 Å². The minimum atomic E-state index is 0.0315.